The van der Waals surface area contributed by atoms with Crippen LogP contribution in [-0.4, -0.2) is 14.5 Å². The molecule has 18 heavy (non-hydrogen) atoms. The summed E-state index contributed by atoms with van der Waals surface area (Å²) in [5.74, 6) is 0. The first-order valence-electron chi connectivity index (χ1n) is 6.41. The zero-order valence-electron chi connectivity index (χ0n) is 11.1. The Labute approximate surface area is 108 Å². The number of nitrogens with zero attached hydrogens (tertiary/aromatic N) is 3. The zero-order valence-corrected chi connectivity index (χ0v) is 11.1. The van der Waals surface area contributed by atoms with Crippen molar-refractivity contribution < 1.29 is 0 Å². The van der Waals surface area contributed by atoms with Crippen LogP contribution in [0.15, 0.2) is 30.9 Å². The van der Waals surface area contributed by atoms with E-state index < -0.39 is 0 Å². The van der Waals surface area contributed by atoms with Crippen molar-refractivity contribution in [1.29, 1.82) is 0 Å². The Hall–Kier alpha value is -1.68. The lowest BCUT2D eigenvalue weighted by molar-refractivity contribution is 0.661. The predicted molar refractivity (Wildman–Crippen MR) is 72.0 cm³/mol. The van der Waals surface area contributed by atoms with Crippen molar-refractivity contribution in [3.63, 3.8) is 0 Å². The minimum atomic E-state index is 0.756. The molecule has 0 aromatic carbocycles. The van der Waals surface area contributed by atoms with Gasteiger partial charge in [-0.3, -0.25) is 9.97 Å². The van der Waals surface area contributed by atoms with Gasteiger partial charge < -0.3 is 9.88 Å². The molecule has 4 heteroatoms. The van der Waals surface area contributed by atoms with E-state index in [1.807, 2.05) is 13.1 Å². The minimum Gasteiger partial charge on any atom is -0.354 e. The Bertz CT molecular complexity index is 473. The Morgan fingerprint density at radius 1 is 1.22 bits per heavy atom. The van der Waals surface area contributed by atoms with Gasteiger partial charge in [0.05, 0.1) is 11.4 Å². The standard InChI is InChI=1S/C14H20N4/c1-3-5-18-6-4-13(11-18)8-15-9-14-10-16-12(2)7-17-14/h4,6-7,10-11,15H,3,5,8-9H2,1-2H3. The van der Waals surface area contributed by atoms with Gasteiger partial charge in [0.25, 0.3) is 0 Å². The Morgan fingerprint density at radius 3 is 2.83 bits per heavy atom. The molecule has 0 saturated heterocycles. The molecule has 2 heterocycles. The normalized spacial score (nSPS) is 10.8. The maximum Gasteiger partial charge on any atom is 0.0724 e. The molecule has 96 valence electrons. The molecular formula is C14H20N4. The van der Waals surface area contributed by atoms with Crippen LogP contribution in [0.4, 0.5) is 0 Å². The molecule has 4 nitrogen and oxygen atoms in total. The Balaban J connectivity index is 1.79. The number of aryl methyl sites for hydroxylation is 2. The second-order valence-electron chi connectivity index (χ2n) is 4.51. The fourth-order valence-electron chi connectivity index (χ4n) is 1.84. The Kier molecular flexibility index (Phi) is 4.47. The van der Waals surface area contributed by atoms with Crippen molar-refractivity contribution in [2.45, 2.75) is 39.9 Å². The number of nitrogens with one attached hydrogen (secondary N) is 1. The highest BCUT2D eigenvalue weighted by Gasteiger charge is 1.98. The third-order valence-electron chi connectivity index (χ3n) is 2.76. The first kappa shape index (κ1) is 12.8. The van der Waals surface area contributed by atoms with E-state index in [1.165, 1.54) is 12.0 Å². The third kappa shape index (κ3) is 3.67. The van der Waals surface area contributed by atoms with Gasteiger partial charge in [0.2, 0.25) is 0 Å². The molecule has 2 rings (SSSR count). The van der Waals surface area contributed by atoms with E-state index in [0.717, 1.165) is 31.0 Å². The summed E-state index contributed by atoms with van der Waals surface area (Å²) < 4.78 is 2.22. The first-order valence-corrected chi connectivity index (χ1v) is 6.41. The van der Waals surface area contributed by atoms with E-state index in [0.29, 0.717) is 0 Å². The number of rotatable bonds is 6. The molecule has 0 aliphatic rings. The summed E-state index contributed by atoms with van der Waals surface area (Å²) in [7, 11) is 0. The number of hydrogen-bond acceptors (Lipinski definition) is 3. The lowest BCUT2D eigenvalue weighted by Gasteiger charge is -2.03. The molecule has 1 N–H and O–H groups in total. The van der Waals surface area contributed by atoms with Crippen LogP contribution < -0.4 is 5.32 Å². The van der Waals surface area contributed by atoms with Crippen LogP contribution in [0, 0.1) is 6.92 Å². The van der Waals surface area contributed by atoms with Gasteiger partial charge in [-0.25, -0.2) is 0 Å². The molecule has 2 aromatic rings. The minimum absolute atomic E-state index is 0.756. The summed E-state index contributed by atoms with van der Waals surface area (Å²) in [5.41, 5.74) is 3.24. The van der Waals surface area contributed by atoms with E-state index in [9.17, 15) is 0 Å². The molecule has 0 fully saturated rings. The van der Waals surface area contributed by atoms with Crippen LogP contribution in [0.2, 0.25) is 0 Å². The van der Waals surface area contributed by atoms with E-state index in [2.05, 4.69) is 45.2 Å². The maximum atomic E-state index is 4.31. The van der Waals surface area contributed by atoms with Gasteiger partial charge in [-0.2, -0.15) is 0 Å². The van der Waals surface area contributed by atoms with Crippen LogP contribution in [0.3, 0.4) is 0 Å². The third-order valence-corrected chi connectivity index (χ3v) is 2.76. The summed E-state index contributed by atoms with van der Waals surface area (Å²) in [5, 5.41) is 3.38. The van der Waals surface area contributed by atoms with Crippen LogP contribution in [-0.2, 0) is 19.6 Å². The zero-order chi connectivity index (χ0) is 12.8. The first-order chi connectivity index (χ1) is 8.78. The van der Waals surface area contributed by atoms with Gasteiger partial charge in [0, 0.05) is 44.4 Å². The molecule has 0 bridgehead atoms. The van der Waals surface area contributed by atoms with Crippen molar-refractivity contribution in [2.24, 2.45) is 0 Å². The maximum absolute atomic E-state index is 4.31. The molecule has 0 radical (unpaired) electrons. The molecule has 0 atom stereocenters. The molecule has 0 amide bonds. The molecule has 0 aliphatic carbocycles. The highest BCUT2D eigenvalue weighted by molar-refractivity contribution is 5.10. The Morgan fingerprint density at radius 2 is 2.11 bits per heavy atom. The smallest absolute Gasteiger partial charge is 0.0724 e. The molecule has 0 unspecified atom stereocenters. The summed E-state index contributed by atoms with van der Waals surface area (Å²) in [6.07, 6.45) is 9.11. The van der Waals surface area contributed by atoms with Crippen LogP contribution in [0.25, 0.3) is 0 Å². The number of aromatic nitrogens is 3. The number of hydrogen-bond donors (Lipinski definition) is 1. The fourth-order valence-corrected chi connectivity index (χ4v) is 1.84. The topological polar surface area (TPSA) is 42.7 Å². The molecule has 2 aromatic heterocycles. The van der Waals surface area contributed by atoms with E-state index in [-0.39, 0.29) is 0 Å². The molecule has 0 aliphatic heterocycles. The summed E-state index contributed by atoms with van der Waals surface area (Å²) in [4.78, 5) is 8.54. The van der Waals surface area contributed by atoms with Gasteiger partial charge in [0.1, 0.15) is 0 Å². The van der Waals surface area contributed by atoms with Gasteiger partial charge >= 0.3 is 0 Å². The van der Waals surface area contributed by atoms with Crippen molar-refractivity contribution >= 4 is 0 Å². The van der Waals surface area contributed by atoms with Gasteiger partial charge in [-0.1, -0.05) is 6.92 Å². The van der Waals surface area contributed by atoms with Crippen LogP contribution in [0.1, 0.15) is 30.3 Å². The highest BCUT2D eigenvalue weighted by Crippen LogP contribution is 2.02. The lowest BCUT2D eigenvalue weighted by atomic mass is 10.3. The van der Waals surface area contributed by atoms with Gasteiger partial charge in [0.15, 0.2) is 0 Å². The predicted octanol–water partition coefficient (Wildman–Crippen LogP) is 2.29. The van der Waals surface area contributed by atoms with Crippen molar-refractivity contribution in [3.8, 4) is 0 Å². The fraction of sp³-hybridized carbons (Fsp3) is 0.429. The monoisotopic (exact) mass is 244 g/mol. The van der Waals surface area contributed by atoms with Crippen molar-refractivity contribution in [2.75, 3.05) is 0 Å². The average molecular weight is 244 g/mol. The summed E-state index contributed by atoms with van der Waals surface area (Å²) >= 11 is 0. The molecule has 0 saturated carbocycles. The van der Waals surface area contributed by atoms with E-state index in [1.54, 1.807) is 6.20 Å². The lowest BCUT2D eigenvalue weighted by Crippen LogP contribution is -2.13. The molecule has 0 spiro atoms. The quantitative estimate of drug-likeness (QED) is 0.847. The average Bonchev–Trinajstić information content (AvgIpc) is 2.80. The van der Waals surface area contributed by atoms with Crippen LogP contribution in [0.5, 0.6) is 0 Å². The van der Waals surface area contributed by atoms with Gasteiger partial charge in [-0.15, -0.1) is 0 Å². The van der Waals surface area contributed by atoms with E-state index >= 15 is 0 Å². The van der Waals surface area contributed by atoms with Gasteiger partial charge in [-0.05, 0) is 25.0 Å². The second kappa shape index (κ2) is 6.31. The highest BCUT2D eigenvalue weighted by atomic mass is 14.9. The SMILES string of the molecule is CCCn1ccc(CNCc2cnc(C)cn2)c1. The summed E-state index contributed by atoms with van der Waals surface area (Å²) in [6, 6.07) is 2.16. The molecular weight excluding hydrogens is 224 g/mol. The van der Waals surface area contributed by atoms with Crippen LogP contribution >= 0.6 is 0 Å². The largest absolute Gasteiger partial charge is 0.354 e. The summed E-state index contributed by atoms with van der Waals surface area (Å²) in [6.45, 7) is 6.84. The second-order valence-corrected chi connectivity index (χ2v) is 4.51. The van der Waals surface area contributed by atoms with Crippen molar-refractivity contribution in [1.82, 2.24) is 19.9 Å². The van der Waals surface area contributed by atoms with Crippen molar-refractivity contribution in [3.05, 3.63) is 47.8 Å². The van der Waals surface area contributed by atoms with E-state index in [4.69, 9.17) is 0 Å².